The maximum Gasteiger partial charge on any atom is 0.0431 e. The van der Waals surface area contributed by atoms with Crippen LogP contribution < -0.4 is 0 Å². The molecule has 0 amide bonds. The lowest BCUT2D eigenvalue weighted by molar-refractivity contribution is 0.0930. The van der Waals surface area contributed by atoms with Gasteiger partial charge in [-0.15, -0.1) is 0 Å². The van der Waals surface area contributed by atoms with Crippen LogP contribution >= 0.6 is 0 Å². The quantitative estimate of drug-likeness (QED) is 0.606. The van der Waals surface area contributed by atoms with Gasteiger partial charge < -0.3 is 4.90 Å². The van der Waals surface area contributed by atoms with E-state index in [0.717, 1.165) is 12.8 Å². The highest BCUT2D eigenvalue weighted by molar-refractivity contribution is 4.81. The van der Waals surface area contributed by atoms with Crippen LogP contribution in [0.3, 0.4) is 0 Å². The summed E-state index contributed by atoms with van der Waals surface area (Å²) in [4.78, 5) is 2.02. The summed E-state index contributed by atoms with van der Waals surface area (Å²) in [6.45, 7) is 10.5. The second-order valence-electron chi connectivity index (χ2n) is 5.44. The number of rotatable bonds is 1. The van der Waals surface area contributed by atoms with Gasteiger partial charge >= 0.3 is 0 Å². The molecule has 13 heavy (non-hydrogen) atoms. The molecule has 2 unspecified atom stereocenters. The van der Waals surface area contributed by atoms with E-state index in [0.29, 0.717) is 12.0 Å². The average molecular weight is 185 g/mol. The third-order valence-corrected chi connectivity index (χ3v) is 3.02. The molecule has 1 aliphatic heterocycles. The molecule has 0 N–H and O–H groups in total. The van der Waals surface area contributed by atoms with Gasteiger partial charge in [0.15, 0.2) is 0 Å². The first kappa shape index (κ1) is 8.28. The van der Waals surface area contributed by atoms with Gasteiger partial charge in [0.2, 0.25) is 0 Å². The van der Waals surface area contributed by atoms with Crippen LogP contribution in [0.4, 0.5) is 0 Å². The van der Waals surface area contributed by atoms with Gasteiger partial charge in [-0.25, -0.2) is 0 Å². The van der Waals surface area contributed by atoms with E-state index >= 15 is 0 Å². The smallest absolute Gasteiger partial charge is 0.0431 e. The minimum Gasteiger partial charge on any atom is -0.301 e. The molecule has 2 atom stereocenters. The lowest BCUT2D eigenvalue weighted by Crippen LogP contribution is -2.41. The van der Waals surface area contributed by atoms with Crippen LogP contribution in [0.25, 0.3) is 0 Å². The SMILES string of the molecule is [2H]C1CC(C(C)(C)C)CC([2H])N1C(C)C. The van der Waals surface area contributed by atoms with Gasteiger partial charge in [-0.05, 0) is 51.1 Å². The summed E-state index contributed by atoms with van der Waals surface area (Å²) in [7, 11) is 0. The first-order chi connectivity index (χ1) is 6.73. The Morgan fingerprint density at radius 3 is 2.00 bits per heavy atom. The average Bonchev–Trinajstić information content (AvgIpc) is 1.99. The van der Waals surface area contributed by atoms with E-state index in [1.54, 1.807) is 0 Å². The van der Waals surface area contributed by atoms with Gasteiger partial charge in [0.05, 0.1) is 0 Å². The monoisotopic (exact) mass is 185 g/mol. The predicted molar refractivity (Wildman–Crippen MR) is 58.9 cm³/mol. The Morgan fingerprint density at radius 1 is 1.23 bits per heavy atom. The molecule has 0 aromatic carbocycles. The second-order valence-corrected chi connectivity index (χ2v) is 5.44. The Hall–Kier alpha value is -0.0400. The maximum atomic E-state index is 8.11. The molecule has 0 saturated carbocycles. The van der Waals surface area contributed by atoms with Gasteiger partial charge in [0.25, 0.3) is 0 Å². The fourth-order valence-electron chi connectivity index (χ4n) is 1.80. The Labute approximate surface area is 86.3 Å². The minimum absolute atomic E-state index is 0.189. The molecule has 0 aliphatic carbocycles. The molecule has 0 aromatic heterocycles. The largest absolute Gasteiger partial charge is 0.301 e. The molecule has 1 nitrogen and oxygen atoms in total. The molecule has 78 valence electrons. The van der Waals surface area contributed by atoms with Crippen LogP contribution in [0.5, 0.6) is 0 Å². The molecule has 1 heteroatoms. The van der Waals surface area contributed by atoms with Crippen LogP contribution in [0.2, 0.25) is 0 Å². The van der Waals surface area contributed by atoms with Crippen LogP contribution in [-0.4, -0.2) is 24.0 Å². The minimum atomic E-state index is -0.189. The molecule has 1 fully saturated rings. The topological polar surface area (TPSA) is 3.24 Å². The molecule has 1 rings (SSSR count). The van der Waals surface area contributed by atoms with Crippen molar-refractivity contribution in [2.24, 2.45) is 11.3 Å². The molecule has 0 spiro atoms. The summed E-state index contributed by atoms with van der Waals surface area (Å²) in [5, 5.41) is 0. The first-order valence-electron chi connectivity index (χ1n) is 6.51. The van der Waals surface area contributed by atoms with Crippen molar-refractivity contribution < 1.29 is 2.74 Å². The highest BCUT2D eigenvalue weighted by Gasteiger charge is 2.29. The van der Waals surface area contributed by atoms with Crippen molar-refractivity contribution >= 4 is 0 Å². The van der Waals surface area contributed by atoms with Crippen LogP contribution in [0.1, 0.15) is 50.2 Å². The lowest BCUT2D eigenvalue weighted by atomic mass is 9.75. The normalized spacial score (nSPS) is 40.3. The number of likely N-dealkylation sites (tertiary alicyclic amines) is 1. The summed E-state index contributed by atoms with van der Waals surface area (Å²) < 4.78 is 16.2. The van der Waals surface area contributed by atoms with Crippen molar-refractivity contribution in [3.05, 3.63) is 0 Å². The fraction of sp³-hybridized carbons (Fsp3) is 1.00. The first-order valence-corrected chi connectivity index (χ1v) is 5.35. The van der Waals surface area contributed by atoms with E-state index in [9.17, 15) is 0 Å². The second kappa shape index (κ2) is 4.00. The van der Waals surface area contributed by atoms with Crippen molar-refractivity contribution in [2.45, 2.75) is 53.5 Å². The number of nitrogens with zero attached hydrogens (tertiary/aromatic N) is 1. The standard InChI is InChI=1S/C12H25N/c1-10(2)13-8-6-11(7-9-13)12(3,4)5/h10-11H,6-9H2,1-5H3/i8D,9D. The fourth-order valence-corrected chi connectivity index (χ4v) is 1.80. The molecular weight excluding hydrogens is 158 g/mol. The predicted octanol–water partition coefficient (Wildman–Crippen LogP) is 3.15. The van der Waals surface area contributed by atoms with Crippen LogP contribution in [0, 0.1) is 11.3 Å². The summed E-state index contributed by atoms with van der Waals surface area (Å²) in [5.74, 6) is 0.512. The molecule has 0 radical (unpaired) electrons. The van der Waals surface area contributed by atoms with Crippen LogP contribution in [-0.2, 0) is 0 Å². The summed E-state index contributed by atoms with van der Waals surface area (Å²) in [6, 6.07) is 0.316. The van der Waals surface area contributed by atoms with Crippen molar-refractivity contribution in [3.8, 4) is 0 Å². The van der Waals surface area contributed by atoms with Gasteiger partial charge in [0.1, 0.15) is 0 Å². The third kappa shape index (κ3) is 2.98. The summed E-state index contributed by atoms with van der Waals surface area (Å²) in [6.07, 6.45) is 1.83. The lowest BCUT2D eigenvalue weighted by Gasteiger charge is -2.40. The van der Waals surface area contributed by atoms with Gasteiger partial charge in [-0.1, -0.05) is 20.8 Å². The van der Waals surface area contributed by atoms with Crippen molar-refractivity contribution in [1.29, 1.82) is 0 Å². The number of hydrogen-bond donors (Lipinski definition) is 0. The highest BCUT2D eigenvalue weighted by atomic mass is 15.1. The zero-order chi connectivity index (χ0) is 11.8. The zero-order valence-corrected chi connectivity index (χ0v) is 9.67. The van der Waals surface area contributed by atoms with E-state index in [2.05, 4.69) is 34.6 Å². The Kier molecular flexibility index (Phi) is 2.55. The van der Waals surface area contributed by atoms with Gasteiger partial charge in [-0.3, -0.25) is 0 Å². The molecule has 1 heterocycles. The highest BCUT2D eigenvalue weighted by Crippen LogP contribution is 2.34. The maximum absolute atomic E-state index is 8.11. The van der Waals surface area contributed by atoms with Crippen molar-refractivity contribution in [3.63, 3.8) is 0 Å². The Bertz CT molecular complexity index is 198. The molecule has 1 aliphatic rings. The summed E-state index contributed by atoms with van der Waals surface area (Å²) >= 11 is 0. The summed E-state index contributed by atoms with van der Waals surface area (Å²) in [5.41, 5.74) is 0.238. The molecule has 1 saturated heterocycles. The number of piperidine rings is 1. The Balaban J connectivity index is 2.71. The van der Waals surface area contributed by atoms with E-state index in [4.69, 9.17) is 2.74 Å². The van der Waals surface area contributed by atoms with E-state index in [1.807, 2.05) is 4.90 Å². The van der Waals surface area contributed by atoms with Gasteiger partial charge in [-0.2, -0.15) is 0 Å². The van der Waals surface area contributed by atoms with E-state index in [1.165, 1.54) is 0 Å². The van der Waals surface area contributed by atoms with Crippen molar-refractivity contribution in [2.75, 3.05) is 13.0 Å². The van der Waals surface area contributed by atoms with Crippen molar-refractivity contribution in [1.82, 2.24) is 4.90 Å². The molecule has 0 bridgehead atoms. The third-order valence-electron chi connectivity index (χ3n) is 3.02. The van der Waals surface area contributed by atoms with Crippen LogP contribution in [0.15, 0.2) is 0 Å². The van der Waals surface area contributed by atoms with E-state index in [-0.39, 0.29) is 18.5 Å². The van der Waals surface area contributed by atoms with Gasteiger partial charge in [0, 0.05) is 8.78 Å². The molecular formula is C12H25N. The molecule has 0 aromatic rings. The number of hydrogen-bond acceptors (Lipinski definition) is 1. The Morgan fingerprint density at radius 2 is 1.69 bits per heavy atom. The van der Waals surface area contributed by atoms with E-state index < -0.39 is 0 Å². The zero-order valence-electron chi connectivity index (χ0n) is 11.7.